The summed E-state index contributed by atoms with van der Waals surface area (Å²) in [4.78, 5) is 15.1. The smallest absolute Gasteiger partial charge is 0.336 e. The summed E-state index contributed by atoms with van der Waals surface area (Å²) < 4.78 is 0. The molecule has 1 aliphatic rings. The van der Waals surface area contributed by atoms with Gasteiger partial charge in [-0.3, -0.25) is 4.90 Å². The van der Waals surface area contributed by atoms with E-state index in [1.807, 2.05) is 29.2 Å². The highest BCUT2D eigenvalue weighted by atomic mass is 35.5. The highest BCUT2D eigenvalue weighted by molar-refractivity contribution is 6.30. The minimum atomic E-state index is -1.70. The van der Waals surface area contributed by atoms with E-state index in [-0.39, 0.29) is 6.54 Å². The first-order valence-corrected chi connectivity index (χ1v) is 6.95. The lowest BCUT2D eigenvalue weighted by Crippen LogP contribution is -2.53. The lowest BCUT2D eigenvalue weighted by Gasteiger charge is -2.38. The summed E-state index contributed by atoms with van der Waals surface area (Å²) in [6.45, 7) is 4.49. The van der Waals surface area contributed by atoms with Gasteiger partial charge in [-0.1, -0.05) is 17.7 Å². The van der Waals surface area contributed by atoms with Crippen LogP contribution in [0.1, 0.15) is 6.92 Å². The van der Waals surface area contributed by atoms with Crippen LogP contribution in [-0.4, -0.2) is 59.4 Å². The summed E-state index contributed by atoms with van der Waals surface area (Å²) in [6, 6.07) is 7.68. The number of aliphatic hydroxyl groups is 1. The Morgan fingerprint density at radius 2 is 2.00 bits per heavy atom. The van der Waals surface area contributed by atoms with Crippen molar-refractivity contribution in [2.75, 3.05) is 37.6 Å². The van der Waals surface area contributed by atoms with Crippen LogP contribution in [0.15, 0.2) is 24.3 Å². The second-order valence-corrected chi connectivity index (χ2v) is 5.76. The van der Waals surface area contributed by atoms with Gasteiger partial charge in [0.05, 0.1) is 0 Å². The predicted molar refractivity (Wildman–Crippen MR) is 78.4 cm³/mol. The number of hydrogen-bond donors (Lipinski definition) is 2. The van der Waals surface area contributed by atoms with Gasteiger partial charge in [0.25, 0.3) is 0 Å². The van der Waals surface area contributed by atoms with Crippen LogP contribution in [0.4, 0.5) is 5.69 Å². The summed E-state index contributed by atoms with van der Waals surface area (Å²) in [7, 11) is 0. The summed E-state index contributed by atoms with van der Waals surface area (Å²) >= 11 is 5.98. The van der Waals surface area contributed by atoms with Gasteiger partial charge in [-0.05, 0) is 25.1 Å². The first kappa shape index (κ1) is 15.1. The molecule has 1 fully saturated rings. The van der Waals surface area contributed by atoms with Crippen molar-refractivity contribution in [3.8, 4) is 0 Å². The molecule has 1 aromatic carbocycles. The zero-order valence-corrected chi connectivity index (χ0v) is 12.2. The molecule has 1 atom stereocenters. The summed E-state index contributed by atoms with van der Waals surface area (Å²) in [5, 5.41) is 19.4. The fourth-order valence-corrected chi connectivity index (χ4v) is 2.52. The molecule has 20 heavy (non-hydrogen) atoms. The number of piperazine rings is 1. The number of β-amino-alcohol motifs (C(OH)–C–C–N with tert-alkyl or cyclic N) is 1. The largest absolute Gasteiger partial charge is 0.479 e. The monoisotopic (exact) mass is 298 g/mol. The van der Waals surface area contributed by atoms with Gasteiger partial charge >= 0.3 is 5.97 Å². The third-order valence-corrected chi connectivity index (χ3v) is 3.77. The normalized spacial score (nSPS) is 19.6. The Morgan fingerprint density at radius 1 is 1.35 bits per heavy atom. The quantitative estimate of drug-likeness (QED) is 0.877. The molecule has 2 N–H and O–H groups in total. The lowest BCUT2D eigenvalue weighted by atomic mass is 10.1. The van der Waals surface area contributed by atoms with E-state index in [0.717, 1.165) is 31.9 Å². The molecule has 0 spiro atoms. The van der Waals surface area contributed by atoms with Gasteiger partial charge in [0.15, 0.2) is 5.60 Å². The van der Waals surface area contributed by atoms with E-state index in [1.54, 1.807) is 0 Å². The molecule has 110 valence electrons. The Balaban J connectivity index is 1.91. The summed E-state index contributed by atoms with van der Waals surface area (Å²) in [5.74, 6) is -1.19. The number of halogens is 1. The van der Waals surface area contributed by atoms with E-state index in [9.17, 15) is 9.90 Å². The van der Waals surface area contributed by atoms with Crippen LogP contribution in [0.5, 0.6) is 0 Å². The minimum absolute atomic E-state index is 0.145. The molecule has 1 aliphatic heterocycles. The molecular weight excluding hydrogens is 280 g/mol. The van der Waals surface area contributed by atoms with Crippen LogP contribution in [-0.2, 0) is 4.79 Å². The Hall–Kier alpha value is -1.30. The fourth-order valence-electron chi connectivity index (χ4n) is 2.34. The number of anilines is 1. The van der Waals surface area contributed by atoms with Crippen molar-refractivity contribution in [3.63, 3.8) is 0 Å². The second kappa shape index (κ2) is 5.99. The zero-order valence-electron chi connectivity index (χ0n) is 11.4. The number of nitrogens with zero attached hydrogens (tertiary/aromatic N) is 2. The number of carbonyl (C=O) groups is 1. The minimum Gasteiger partial charge on any atom is -0.479 e. The van der Waals surface area contributed by atoms with Gasteiger partial charge < -0.3 is 15.1 Å². The van der Waals surface area contributed by atoms with E-state index < -0.39 is 11.6 Å². The van der Waals surface area contributed by atoms with Crippen molar-refractivity contribution in [1.29, 1.82) is 0 Å². The molecule has 0 aliphatic carbocycles. The summed E-state index contributed by atoms with van der Waals surface area (Å²) in [6.07, 6.45) is 0. The van der Waals surface area contributed by atoms with E-state index in [0.29, 0.717) is 5.02 Å². The third-order valence-electron chi connectivity index (χ3n) is 3.54. The molecule has 1 heterocycles. The number of carboxylic acids is 1. The lowest BCUT2D eigenvalue weighted by molar-refractivity contribution is -0.158. The van der Waals surface area contributed by atoms with Crippen LogP contribution in [0.2, 0.25) is 5.02 Å². The maximum atomic E-state index is 10.9. The Morgan fingerprint density at radius 3 is 2.55 bits per heavy atom. The van der Waals surface area contributed by atoms with Crippen molar-refractivity contribution >= 4 is 23.3 Å². The fraction of sp³-hybridized carbons (Fsp3) is 0.500. The Kier molecular flexibility index (Phi) is 4.52. The van der Waals surface area contributed by atoms with Crippen LogP contribution in [0, 0.1) is 0 Å². The first-order chi connectivity index (χ1) is 9.38. The average molecular weight is 299 g/mol. The topological polar surface area (TPSA) is 64.0 Å². The molecular formula is C14H19ClN2O3. The van der Waals surface area contributed by atoms with Gasteiger partial charge in [-0.2, -0.15) is 0 Å². The molecule has 0 amide bonds. The van der Waals surface area contributed by atoms with Gasteiger partial charge in [-0.15, -0.1) is 0 Å². The van der Waals surface area contributed by atoms with Gasteiger partial charge in [0.2, 0.25) is 0 Å². The molecule has 2 rings (SSSR count). The van der Waals surface area contributed by atoms with Crippen molar-refractivity contribution in [3.05, 3.63) is 29.3 Å². The molecule has 1 unspecified atom stereocenters. The number of rotatable bonds is 4. The molecule has 5 nitrogen and oxygen atoms in total. The van der Waals surface area contributed by atoms with Crippen molar-refractivity contribution < 1.29 is 15.0 Å². The van der Waals surface area contributed by atoms with Crippen molar-refractivity contribution in [1.82, 2.24) is 4.90 Å². The number of benzene rings is 1. The molecule has 1 saturated heterocycles. The Bertz CT molecular complexity index is 485. The third kappa shape index (κ3) is 3.62. The van der Waals surface area contributed by atoms with Crippen molar-refractivity contribution in [2.24, 2.45) is 0 Å². The Labute approximate surface area is 123 Å². The van der Waals surface area contributed by atoms with Crippen LogP contribution in [0.25, 0.3) is 0 Å². The molecule has 6 heteroatoms. The first-order valence-electron chi connectivity index (χ1n) is 6.57. The molecule has 0 aromatic heterocycles. The van der Waals surface area contributed by atoms with E-state index in [1.165, 1.54) is 6.92 Å². The maximum absolute atomic E-state index is 10.9. The van der Waals surface area contributed by atoms with Gasteiger partial charge in [0, 0.05) is 43.4 Å². The SMILES string of the molecule is CC(O)(CN1CCN(c2cccc(Cl)c2)CC1)C(=O)O. The van der Waals surface area contributed by atoms with Crippen LogP contribution in [0.3, 0.4) is 0 Å². The molecule has 1 aromatic rings. The van der Waals surface area contributed by atoms with Crippen molar-refractivity contribution in [2.45, 2.75) is 12.5 Å². The zero-order chi connectivity index (χ0) is 14.8. The molecule has 0 saturated carbocycles. The van der Waals surface area contributed by atoms with Crippen LogP contribution >= 0.6 is 11.6 Å². The predicted octanol–water partition coefficient (Wildman–Crippen LogP) is 1.30. The van der Waals surface area contributed by atoms with E-state index in [2.05, 4.69) is 4.90 Å². The average Bonchev–Trinajstić information content (AvgIpc) is 2.39. The standard InChI is InChI=1S/C14H19ClN2O3/c1-14(20,13(18)19)10-16-5-7-17(8-6-16)12-4-2-3-11(15)9-12/h2-4,9,20H,5-8,10H2,1H3,(H,18,19). The van der Waals surface area contributed by atoms with Gasteiger partial charge in [0.1, 0.15) is 0 Å². The number of hydrogen-bond acceptors (Lipinski definition) is 4. The van der Waals surface area contributed by atoms with Gasteiger partial charge in [-0.25, -0.2) is 4.79 Å². The highest BCUT2D eigenvalue weighted by Gasteiger charge is 2.33. The molecule has 0 bridgehead atoms. The highest BCUT2D eigenvalue weighted by Crippen LogP contribution is 2.21. The number of carboxylic acid groups (broad SMARTS) is 1. The number of aliphatic carboxylic acids is 1. The molecule has 0 radical (unpaired) electrons. The van der Waals surface area contributed by atoms with E-state index >= 15 is 0 Å². The van der Waals surface area contributed by atoms with Crippen LogP contribution < -0.4 is 4.90 Å². The maximum Gasteiger partial charge on any atom is 0.336 e. The van der Waals surface area contributed by atoms with E-state index in [4.69, 9.17) is 16.7 Å². The second-order valence-electron chi connectivity index (χ2n) is 5.32. The summed E-state index contributed by atoms with van der Waals surface area (Å²) in [5.41, 5.74) is -0.625.